The van der Waals surface area contributed by atoms with Crippen LogP contribution in [0.25, 0.3) is 5.57 Å². The van der Waals surface area contributed by atoms with Gasteiger partial charge in [0.25, 0.3) is 11.8 Å². The number of pyridine rings is 1. The van der Waals surface area contributed by atoms with Crippen molar-refractivity contribution in [2.75, 3.05) is 22.2 Å². The van der Waals surface area contributed by atoms with Gasteiger partial charge < -0.3 is 5.32 Å². The van der Waals surface area contributed by atoms with Gasteiger partial charge in [0.05, 0.1) is 5.69 Å². The minimum atomic E-state index is -3.43. The summed E-state index contributed by atoms with van der Waals surface area (Å²) >= 11 is 1.12. The summed E-state index contributed by atoms with van der Waals surface area (Å²) in [5.74, 6) is -3.52. The number of aromatic nitrogens is 3. The number of fused-ring (bicyclic) bond motifs is 1. The molecule has 13 heteroatoms. The van der Waals surface area contributed by atoms with E-state index in [9.17, 15) is 22.7 Å². The molecule has 0 spiro atoms. The Labute approximate surface area is 188 Å². The Balaban J connectivity index is 1.31. The lowest BCUT2D eigenvalue weighted by atomic mass is 9.93. The van der Waals surface area contributed by atoms with Gasteiger partial charge in [-0.25, -0.2) is 22.4 Å². The van der Waals surface area contributed by atoms with E-state index in [1.165, 1.54) is 15.7 Å². The van der Waals surface area contributed by atoms with Crippen molar-refractivity contribution >= 4 is 45.5 Å². The van der Waals surface area contributed by atoms with Crippen molar-refractivity contribution in [1.29, 1.82) is 0 Å². The average Bonchev–Trinajstić information content (AvgIpc) is 3.10. The van der Waals surface area contributed by atoms with E-state index in [1.54, 1.807) is 17.5 Å². The fraction of sp³-hybridized carbons (Fsp3) is 0.474. The van der Waals surface area contributed by atoms with Gasteiger partial charge >= 0.3 is 0 Å². The van der Waals surface area contributed by atoms with Crippen molar-refractivity contribution in [2.24, 2.45) is 5.92 Å². The smallest absolute Gasteiger partial charge is 0.272 e. The third kappa shape index (κ3) is 3.72. The van der Waals surface area contributed by atoms with E-state index in [0.29, 0.717) is 35.7 Å². The molecule has 3 heterocycles. The van der Waals surface area contributed by atoms with Crippen LogP contribution in [0.5, 0.6) is 0 Å². The summed E-state index contributed by atoms with van der Waals surface area (Å²) in [6, 6.07) is 3.46. The second-order valence-corrected chi connectivity index (χ2v) is 10.8. The Morgan fingerprint density at radius 2 is 2.19 bits per heavy atom. The SMILES string of the molecule is CN1c2nc(C3=CCC(NC(=O)c4csnn4)CC3)ccc2N(CC2CC2(F)F)S1(O)O. The van der Waals surface area contributed by atoms with Gasteiger partial charge in [-0.3, -0.25) is 13.9 Å². The number of carbonyl (C=O) groups is 1. The molecule has 3 aliphatic rings. The summed E-state index contributed by atoms with van der Waals surface area (Å²) in [5.41, 5.74) is 2.43. The zero-order chi connectivity index (χ0) is 22.7. The fourth-order valence-electron chi connectivity index (χ4n) is 4.03. The molecule has 32 heavy (non-hydrogen) atoms. The van der Waals surface area contributed by atoms with E-state index in [4.69, 9.17) is 0 Å². The molecular weight excluding hydrogens is 462 g/mol. The quantitative estimate of drug-likeness (QED) is 0.587. The van der Waals surface area contributed by atoms with Crippen LogP contribution in [0.15, 0.2) is 23.6 Å². The number of rotatable bonds is 5. The van der Waals surface area contributed by atoms with Crippen LogP contribution in [-0.4, -0.2) is 55.1 Å². The maximum Gasteiger partial charge on any atom is 0.272 e. The maximum atomic E-state index is 13.4. The lowest BCUT2D eigenvalue weighted by Crippen LogP contribution is -2.35. The molecule has 0 bridgehead atoms. The van der Waals surface area contributed by atoms with E-state index >= 15 is 0 Å². The highest BCUT2D eigenvalue weighted by atomic mass is 32.3. The van der Waals surface area contributed by atoms with Gasteiger partial charge in [-0.15, -0.1) is 5.10 Å². The summed E-state index contributed by atoms with van der Waals surface area (Å²) < 4.78 is 54.3. The van der Waals surface area contributed by atoms with Crippen LogP contribution in [0.3, 0.4) is 0 Å². The Morgan fingerprint density at radius 3 is 2.81 bits per heavy atom. The van der Waals surface area contributed by atoms with Gasteiger partial charge in [0, 0.05) is 37.4 Å². The van der Waals surface area contributed by atoms with Crippen LogP contribution in [0.4, 0.5) is 20.3 Å². The van der Waals surface area contributed by atoms with Gasteiger partial charge in [-0.05, 0) is 59.5 Å². The van der Waals surface area contributed by atoms with Crippen LogP contribution >= 0.6 is 22.5 Å². The number of carbonyl (C=O) groups excluding carboxylic acids is 1. The second-order valence-electron chi connectivity index (χ2n) is 8.21. The minimum absolute atomic E-state index is 0.0206. The molecular formula is C19H22F2N6O3S2. The van der Waals surface area contributed by atoms with Crippen LogP contribution in [-0.2, 0) is 0 Å². The predicted molar refractivity (Wildman–Crippen MR) is 119 cm³/mol. The topological polar surface area (TPSA) is 115 Å². The second kappa shape index (κ2) is 7.61. The number of hydrogen-bond acceptors (Lipinski definition) is 9. The first-order chi connectivity index (χ1) is 15.2. The number of nitrogens with zero attached hydrogens (tertiary/aromatic N) is 5. The molecule has 2 unspecified atom stereocenters. The number of anilines is 2. The standard InChI is InChI=1S/C19H22F2N6O3S2/c1-26-17-16(27(32(26,29)30)9-12-8-19(12,20)21)7-6-14(23-17)11-2-4-13(5-3-11)22-18(28)15-10-31-25-24-15/h2,6-7,10,12-13,29-30H,3-5,8-9H2,1H3,(H,22,28). The van der Waals surface area contributed by atoms with Crippen molar-refractivity contribution in [2.45, 2.75) is 37.6 Å². The fourth-order valence-corrected chi connectivity index (χ4v) is 5.91. The van der Waals surface area contributed by atoms with E-state index in [0.717, 1.165) is 23.5 Å². The molecule has 1 aliphatic heterocycles. The van der Waals surface area contributed by atoms with Crippen LogP contribution in [0.2, 0.25) is 0 Å². The minimum Gasteiger partial charge on any atom is -0.348 e. The summed E-state index contributed by atoms with van der Waals surface area (Å²) in [6.45, 7) is -0.133. The van der Waals surface area contributed by atoms with Gasteiger partial charge in [0.2, 0.25) is 0 Å². The summed E-state index contributed by atoms with van der Waals surface area (Å²) in [7, 11) is -1.92. The largest absolute Gasteiger partial charge is 0.348 e. The van der Waals surface area contributed by atoms with Crippen LogP contribution in [0, 0.1) is 5.92 Å². The maximum absolute atomic E-state index is 13.4. The number of nitrogens with one attached hydrogen (secondary N) is 1. The zero-order valence-electron chi connectivity index (χ0n) is 17.1. The molecule has 1 amide bonds. The lowest BCUT2D eigenvalue weighted by Gasteiger charge is -2.41. The molecule has 2 aliphatic carbocycles. The van der Waals surface area contributed by atoms with E-state index < -0.39 is 22.8 Å². The molecule has 1 fully saturated rings. The van der Waals surface area contributed by atoms with Crippen molar-refractivity contribution in [3.63, 3.8) is 0 Å². The lowest BCUT2D eigenvalue weighted by molar-refractivity contribution is 0.0929. The van der Waals surface area contributed by atoms with Crippen molar-refractivity contribution in [3.8, 4) is 0 Å². The first kappa shape index (κ1) is 21.5. The van der Waals surface area contributed by atoms with E-state index in [-0.39, 0.29) is 24.9 Å². The molecule has 0 saturated heterocycles. The normalized spacial score (nSPS) is 26.3. The molecule has 9 nitrogen and oxygen atoms in total. The Hall–Kier alpha value is -2.35. The highest BCUT2D eigenvalue weighted by Gasteiger charge is 2.59. The van der Waals surface area contributed by atoms with Gasteiger partial charge in [0.1, 0.15) is 5.69 Å². The third-order valence-corrected chi connectivity index (χ3v) is 8.44. The number of hydrogen-bond donors (Lipinski definition) is 3. The number of alkyl halides is 2. The first-order valence-electron chi connectivity index (χ1n) is 10.1. The Morgan fingerprint density at radius 1 is 1.41 bits per heavy atom. The highest BCUT2D eigenvalue weighted by Crippen LogP contribution is 2.62. The van der Waals surface area contributed by atoms with Gasteiger partial charge in [-0.2, -0.15) is 0 Å². The Bertz CT molecular complexity index is 1080. The molecule has 2 atom stereocenters. The third-order valence-electron chi connectivity index (χ3n) is 6.09. The molecule has 0 radical (unpaired) electrons. The molecule has 2 aromatic heterocycles. The zero-order valence-corrected chi connectivity index (χ0v) is 18.7. The van der Waals surface area contributed by atoms with Gasteiger partial charge in [-0.1, -0.05) is 10.6 Å². The molecule has 5 rings (SSSR count). The molecule has 172 valence electrons. The van der Waals surface area contributed by atoms with E-state index in [2.05, 4.69) is 19.9 Å². The molecule has 2 aromatic rings. The summed E-state index contributed by atoms with van der Waals surface area (Å²) in [6.07, 6.45) is 3.81. The number of halogens is 2. The van der Waals surface area contributed by atoms with Gasteiger partial charge in [0.15, 0.2) is 11.5 Å². The average molecular weight is 485 g/mol. The summed E-state index contributed by atoms with van der Waals surface area (Å²) in [5, 5.41) is 8.32. The summed E-state index contributed by atoms with van der Waals surface area (Å²) in [4.78, 5) is 16.8. The van der Waals surface area contributed by atoms with Crippen molar-refractivity contribution in [3.05, 3.63) is 35.0 Å². The molecule has 3 N–H and O–H groups in total. The first-order valence-corrected chi connectivity index (χ1v) is 12.4. The molecule has 1 saturated carbocycles. The number of amides is 1. The Kier molecular flexibility index (Phi) is 5.11. The van der Waals surface area contributed by atoms with E-state index in [1.807, 2.05) is 6.08 Å². The van der Waals surface area contributed by atoms with Crippen LogP contribution in [0.1, 0.15) is 41.9 Å². The van der Waals surface area contributed by atoms with Crippen LogP contribution < -0.4 is 13.9 Å². The monoisotopic (exact) mass is 484 g/mol. The number of allylic oxidation sites excluding steroid dienone is 1. The molecule has 0 aromatic carbocycles. The predicted octanol–water partition coefficient (Wildman–Crippen LogP) is 3.79. The van der Waals surface area contributed by atoms with Crippen molar-refractivity contribution < 1.29 is 22.7 Å². The highest BCUT2D eigenvalue weighted by molar-refractivity contribution is 8.26. The van der Waals surface area contributed by atoms with Crippen molar-refractivity contribution in [1.82, 2.24) is 19.9 Å².